The van der Waals surface area contributed by atoms with Gasteiger partial charge in [0.05, 0.1) is 0 Å². The van der Waals surface area contributed by atoms with Crippen molar-refractivity contribution in [1.29, 1.82) is 0 Å². The molecule has 0 radical (unpaired) electrons. The summed E-state index contributed by atoms with van der Waals surface area (Å²) in [6.45, 7) is 3.64. The molecule has 2 rings (SSSR count). The fourth-order valence-electron chi connectivity index (χ4n) is 2.05. The molecule has 0 amide bonds. The molecule has 3 nitrogen and oxygen atoms in total. The summed E-state index contributed by atoms with van der Waals surface area (Å²) in [5.74, 6) is -0.159. The zero-order valence-electron chi connectivity index (χ0n) is 11.4. The van der Waals surface area contributed by atoms with E-state index in [1.165, 1.54) is 18.2 Å². The topological polar surface area (TPSA) is 57.5 Å². The maximum atomic E-state index is 12.2. The van der Waals surface area contributed by atoms with E-state index in [-0.39, 0.29) is 17.3 Å². The molecule has 20 heavy (non-hydrogen) atoms. The number of hydrogen-bond acceptors (Lipinski definition) is 3. The van der Waals surface area contributed by atoms with Gasteiger partial charge in [0.2, 0.25) is 0 Å². The first-order valence-corrected chi connectivity index (χ1v) is 6.29. The highest BCUT2D eigenvalue weighted by Crippen LogP contribution is 2.28. The molecule has 0 fully saturated rings. The van der Waals surface area contributed by atoms with Crippen molar-refractivity contribution in [2.45, 2.75) is 13.8 Å². The van der Waals surface area contributed by atoms with E-state index in [0.717, 1.165) is 5.56 Å². The monoisotopic (exact) mass is 268 g/mol. The lowest BCUT2D eigenvalue weighted by atomic mass is 10.00. The standard InChI is InChI=1S/C17H16O3/c1-11-5-3-4-6-14(11)16(19)9-12(2)15-8-7-13(18)10-17(15)20/h3-10,18,20H,1-2H3/b12-9+. The second-order valence-corrected chi connectivity index (χ2v) is 4.71. The zero-order chi connectivity index (χ0) is 14.7. The second kappa shape index (κ2) is 5.61. The molecule has 3 heteroatoms. The summed E-state index contributed by atoms with van der Waals surface area (Å²) < 4.78 is 0. The molecule has 0 saturated carbocycles. The number of phenols is 2. The third-order valence-corrected chi connectivity index (χ3v) is 3.16. The van der Waals surface area contributed by atoms with Crippen LogP contribution in [-0.4, -0.2) is 16.0 Å². The molecule has 0 spiro atoms. The van der Waals surface area contributed by atoms with Gasteiger partial charge < -0.3 is 10.2 Å². The van der Waals surface area contributed by atoms with Crippen molar-refractivity contribution in [3.63, 3.8) is 0 Å². The number of phenolic OH excluding ortho intramolecular Hbond substituents is 2. The Morgan fingerprint density at radius 3 is 2.40 bits per heavy atom. The third kappa shape index (κ3) is 2.88. The Kier molecular flexibility index (Phi) is 3.89. The van der Waals surface area contributed by atoms with E-state index in [1.807, 2.05) is 25.1 Å². The first kappa shape index (κ1) is 13.9. The Morgan fingerprint density at radius 1 is 1.05 bits per heavy atom. The first-order valence-electron chi connectivity index (χ1n) is 6.29. The Bertz CT molecular complexity index is 684. The molecule has 0 aromatic heterocycles. The number of aryl methyl sites for hydroxylation is 1. The van der Waals surface area contributed by atoms with Crippen molar-refractivity contribution in [3.8, 4) is 11.5 Å². The minimum atomic E-state index is -0.104. The molecule has 0 bridgehead atoms. The van der Waals surface area contributed by atoms with Crippen LogP contribution in [0.15, 0.2) is 48.5 Å². The highest BCUT2D eigenvalue weighted by molar-refractivity contribution is 6.09. The molecule has 2 aromatic rings. The molecule has 0 saturated heterocycles. The molecular weight excluding hydrogens is 252 g/mol. The summed E-state index contributed by atoms with van der Waals surface area (Å²) in [5.41, 5.74) is 2.74. The van der Waals surface area contributed by atoms with Gasteiger partial charge in [-0.1, -0.05) is 24.3 Å². The lowest BCUT2D eigenvalue weighted by Gasteiger charge is -2.06. The molecular formula is C17H16O3. The molecule has 0 aliphatic carbocycles. The minimum absolute atomic E-state index is 0.00993. The fourth-order valence-corrected chi connectivity index (χ4v) is 2.05. The average molecular weight is 268 g/mol. The van der Waals surface area contributed by atoms with Crippen LogP contribution in [0.5, 0.6) is 11.5 Å². The van der Waals surface area contributed by atoms with E-state index in [9.17, 15) is 15.0 Å². The molecule has 0 aliphatic heterocycles. The van der Waals surface area contributed by atoms with Crippen molar-refractivity contribution in [2.75, 3.05) is 0 Å². The van der Waals surface area contributed by atoms with Gasteiger partial charge in [0.1, 0.15) is 11.5 Å². The highest BCUT2D eigenvalue weighted by Gasteiger charge is 2.09. The Balaban J connectivity index is 2.35. The van der Waals surface area contributed by atoms with Gasteiger partial charge in [-0.2, -0.15) is 0 Å². The Labute approximate surface area is 117 Å². The summed E-state index contributed by atoms with van der Waals surface area (Å²) >= 11 is 0. The van der Waals surface area contributed by atoms with Crippen molar-refractivity contribution in [2.24, 2.45) is 0 Å². The van der Waals surface area contributed by atoms with Gasteiger partial charge in [-0.15, -0.1) is 0 Å². The van der Waals surface area contributed by atoms with Crippen LogP contribution < -0.4 is 0 Å². The number of allylic oxidation sites excluding steroid dienone is 2. The van der Waals surface area contributed by atoms with Crippen molar-refractivity contribution < 1.29 is 15.0 Å². The van der Waals surface area contributed by atoms with Gasteiger partial charge >= 0.3 is 0 Å². The Hall–Kier alpha value is -2.55. The van der Waals surface area contributed by atoms with Crippen molar-refractivity contribution in [3.05, 3.63) is 65.2 Å². The molecule has 0 heterocycles. The summed E-state index contributed by atoms with van der Waals surface area (Å²) in [6.07, 6.45) is 1.49. The highest BCUT2D eigenvalue weighted by atomic mass is 16.3. The summed E-state index contributed by atoms with van der Waals surface area (Å²) in [7, 11) is 0. The van der Waals surface area contributed by atoms with Gasteiger partial charge in [0.25, 0.3) is 0 Å². The summed E-state index contributed by atoms with van der Waals surface area (Å²) in [4.78, 5) is 12.2. The zero-order valence-corrected chi connectivity index (χ0v) is 11.4. The van der Waals surface area contributed by atoms with Crippen LogP contribution in [0.3, 0.4) is 0 Å². The van der Waals surface area contributed by atoms with Gasteiger partial charge in [-0.05, 0) is 43.2 Å². The van der Waals surface area contributed by atoms with Crippen LogP contribution in [0.2, 0.25) is 0 Å². The predicted octanol–water partition coefficient (Wildman–Crippen LogP) is 3.69. The number of rotatable bonds is 3. The van der Waals surface area contributed by atoms with Crippen LogP contribution in [0.25, 0.3) is 5.57 Å². The summed E-state index contributed by atoms with van der Waals surface area (Å²) in [6, 6.07) is 11.7. The lowest BCUT2D eigenvalue weighted by molar-refractivity contribution is 0.104. The number of benzene rings is 2. The SMILES string of the molecule is C/C(=C\C(=O)c1ccccc1C)c1ccc(O)cc1O. The fraction of sp³-hybridized carbons (Fsp3) is 0.118. The molecule has 0 aliphatic rings. The van der Waals surface area contributed by atoms with E-state index in [0.29, 0.717) is 16.7 Å². The maximum Gasteiger partial charge on any atom is 0.186 e. The third-order valence-electron chi connectivity index (χ3n) is 3.16. The average Bonchev–Trinajstić information content (AvgIpc) is 2.38. The molecule has 2 aromatic carbocycles. The van der Waals surface area contributed by atoms with Crippen LogP contribution in [-0.2, 0) is 0 Å². The maximum absolute atomic E-state index is 12.2. The first-order chi connectivity index (χ1) is 9.49. The number of ketones is 1. The number of aromatic hydroxyl groups is 2. The van der Waals surface area contributed by atoms with Crippen LogP contribution in [0.1, 0.15) is 28.4 Å². The van der Waals surface area contributed by atoms with Gasteiger partial charge in [0.15, 0.2) is 5.78 Å². The molecule has 102 valence electrons. The number of carbonyl (C=O) groups excluding carboxylic acids is 1. The van der Waals surface area contributed by atoms with E-state index in [1.54, 1.807) is 19.1 Å². The van der Waals surface area contributed by atoms with E-state index in [4.69, 9.17) is 0 Å². The van der Waals surface area contributed by atoms with Crippen LogP contribution >= 0.6 is 0 Å². The number of hydrogen-bond donors (Lipinski definition) is 2. The van der Waals surface area contributed by atoms with E-state index < -0.39 is 0 Å². The second-order valence-electron chi connectivity index (χ2n) is 4.71. The normalized spacial score (nSPS) is 11.4. The molecule has 0 atom stereocenters. The number of carbonyl (C=O) groups is 1. The quantitative estimate of drug-likeness (QED) is 0.659. The summed E-state index contributed by atoms with van der Waals surface area (Å²) in [5, 5.41) is 19.1. The van der Waals surface area contributed by atoms with Crippen LogP contribution in [0, 0.1) is 6.92 Å². The minimum Gasteiger partial charge on any atom is -0.508 e. The molecule has 0 unspecified atom stereocenters. The van der Waals surface area contributed by atoms with Crippen molar-refractivity contribution >= 4 is 11.4 Å². The smallest absolute Gasteiger partial charge is 0.186 e. The van der Waals surface area contributed by atoms with E-state index >= 15 is 0 Å². The van der Waals surface area contributed by atoms with Gasteiger partial charge in [-0.25, -0.2) is 0 Å². The predicted molar refractivity (Wildman–Crippen MR) is 78.9 cm³/mol. The van der Waals surface area contributed by atoms with Gasteiger partial charge in [-0.3, -0.25) is 4.79 Å². The van der Waals surface area contributed by atoms with Crippen LogP contribution in [0.4, 0.5) is 0 Å². The largest absolute Gasteiger partial charge is 0.508 e. The van der Waals surface area contributed by atoms with E-state index in [2.05, 4.69) is 0 Å². The van der Waals surface area contributed by atoms with Crippen molar-refractivity contribution in [1.82, 2.24) is 0 Å². The van der Waals surface area contributed by atoms with Gasteiger partial charge in [0, 0.05) is 17.2 Å². The molecule has 2 N–H and O–H groups in total. The Morgan fingerprint density at radius 2 is 1.75 bits per heavy atom. The lowest BCUT2D eigenvalue weighted by Crippen LogP contribution is -1.98.